The largest absolute Gasteiger partial charge is 1.00 e. The molecule has 16 nitrogen and oxygen atoms in total. The van der Waals surface area contributed by atoms with Gasteiger partial charge in [0.15, 0.2) is 5.78 Å². The second-order valence-corrected chi connectivity index (χ2v) is 36.8. The van der Waals surface area contributed by atoms with Crippen molar-refractivity contribution in [2.45, 2.75) is 69.8 Å². The van der Waals surface area contributed by atoms with E-state index in [4.69, 9.17) is 46.6 Å². The third-order valence-corrected chi connectivity index (χ3v) is 14.8. The van der Waals surface area contributed by atoms with Gasteiger partial charge >= 0.3 is 215 Å². The van der Waals surface area contributed by atoms with Crippen molar-refractivity contribution in [1.29, 1.82) is 0 Å². The van der Waals surface area contributed by atoms with Crippen molar-refractivity contribution in [3.63, 3.8) is 0 Å². The second-order valence-electron chi connectivity index (χ2n) is 19.4. The molecule has 10 aromatic rings. The Morgan fingerprint density at radius 1 is 0.686 bits per heavy atom. The van der Waals surface area contributed by atoms with Crippen molar-refractivity contribution in [2.24, 2.45) is 14.7 Å². The Morgan fingerprint density at radius 2 is 1.16 bits per heavy atom. The predicted molar refractivity (Wildman–Crippen MR) is 407 cm³/mol. The number of hydrogen-bond acceptors (Lipinski definition) is 17. The van der Waals surface area contributed by atoms with Crippen molar-refractivity contribution >= 4 is 143 Å². The number of rotatable bonds is 6. The number of carbonyl (C=O) groups is 3. The maximum absolute atomic E-state index is 12.2. The standard InChI is InChI=1S/C16H14NO2.C11H7INO.2C8H6N.C7H4NS.C6H5O.C5H3FIN.C5H8O.C5H6O.CH4NP.CH2O3.B.Ce.3ClH.2Cs.Na.3Y.2H/c18-13-9-8-12(11-13)15-7-4-10-17-16(15)19-14-5-2-1-3-6-14;12-10-7-4-8-13-11(10)14-9-5-2-1-3-6-9;2*1-2-4-8-7(3-1)5-6-9-8;1-2-4-7-6(3-1)8-5-9-7;7-6-4-2-1-3-5-6;6-5-4(7)2-1-3-8-5;2*6-5-3-1-2-4-5;1-2-3;2-1-4-3;;;;;;;;;;;;;/h2-7,10,12H,8-9,11H2;2-8H;2*1-4H,5H2;1-4H;2-5,7H;1-3H;1,3,5-6H,2,4H2;1,3H,2,4H2;3H,1H3;1,3H;;;3*1H;;;;;;;;/q6*-1;;;;;;;+3;;;;3*+1;;;;2*-1/p-4. The predicted octanol–water partition coefficient (Wildman–Crippen LogP) is 9.44. The number of aliphatic hydroxyl groups is 1. The van der Waals surface area contributed by atoms with Crippen LogP contribution in [0.3, 0.4) is 0 Å². The molecule has 1 saturated carbocycles. The van der Waals surface area contributed by atoms with Gasteiger partial charge in [-0.3, -0.25) is 30.5 Å². The van der Waals surface area contributed by atoms with Crippen LogP contribution in [-0.2, 0) is 130 Å². The van der Waals surface area contributed by atoms with E-state index >= 15 is 0 Å². The summed E-state index contributed by atoms with van der Waals surface area (Å²) in [6, 6.07) is 65.1. The molecular formula is C73H66BCeCl3Cs2FI2N7NaO9PSY3-6. The Bertz CT molecular complexity index is 3990. The van der Waals surface area contributed by atoms with Gasteiger partial charge in [0.1, 0.15) is 5.78 Å². The summed E-state index contributed by atoms with van der Waals surface area (Å²) in [7, 11) is 4.47. The number of nitrogens with zero attached hydrogens (tertiary/aromatic N) is 7. The number of pyridine rings is 3. The molecular weight excluding hydrogens is 2270 g/mol. The molecule has 6 heterocycles. The van der Waals surface area contributed by atoms with Crippen LogP contribution in [0.15, 0.2) is 240 Å². The fraction of sp³-hybridized carbons (Fsp3) is 0.164. The van der Waals surface area contributed by atoms with Crippen LogP contribution in [0.4, 0.5) is 15.8 Å². The Hall–Kier alpha value is 1.83. The molecule has 0 spiro atoms. The number of halogens is 6. The molecule has 5 aliphatic rings. The molecule has 6 radical (unpaired) electrons. The smallest absolute Gasteiger partial charge is 1.00 e. The van der Waals surface area contributed by atoms with Gasteiger partial charge in [-0.2, -0.15) is 71.4 Å². The number of Topliss-reactive ketones (excluding diaryl/α,β-unsaturated/α-hetero) is 1. The van der Waals surface area contributed by atoms with E-state index in [2.05, 4.69) is 119 Å². The van der Waals surface area contributed by atoms with Gasteiger partial charge in [0, 0.05) is 174 Å². The summed E-state index contributed by atoms with van der Waals surface area (Å²) in [5, 5.41) is 25.7. The zero-order chi connectivity index (χ0) is 70.8. The van der Waals surface area contributed by atoms with E-state index < -0.39 is 36.6 Å². The van der Waals surface area contributed by atoms with Crippen molar-refractivity contribution in [2.75, 3.05) is 7.05 Å². The van der Waals surface area contributed by atoms with E-state index in [1.54, 1.807) is 85.4 Å². The van der Waals surface area contributed by atoms with Gasteiger partial charge < -0.3 is 47.7 Å². The Kier molecular flexibility index (Phi) is 79.2. The summed E-state index contributed by atoms with van der Waals surface area (Å²) in [5.74, 6) is 3.50. The topological polar surface area (TPSA) is 231 Å². The SMILES string of the molecule is CN=P.Fc1ncccc1I.Ic1cccnc1Oc1cc[c-]cc1.O=C1C=CCC1.O=C1CCC(c2cccnc2Oc2cc[c-]cc2)C1.O=CO[O-].OC1C=CCC1.Oc1cc[c-]cc1.[B].[C-]1=Nc2ccccc2C1.[C-]1=Nc2ccccc2C1.[Cl][Ce]([Cl])[Cl].[Cs+].[Cs+].[H-].[H-].[Na+].[Y].[Y].[Y].[c-]1nc2ccccc2s1. The molecule has 32 heteroatoms. The molecule has 0 bridgehead atoms. The number of aliphatic imine (C=N–C) groups is 2. The number of fused-ring (bicyclic) bond motifs is 3. The van der Waals surface area contributed by atoms with Crippen LogP contribution in [0, 0.1) is 67.5 Å². The first-order valence-electron chi connectivity index (χ1n) is 29.5. The number of aliphatic hydroxyl groups excluding tert-OH is 1. The minimum absolute atomic E-state index is 0. The van der Waals surface area contributed by atoms with Gasteiger partial charge in [0.05, 0.1) is 13.2 Å². The van der Waals surface area contributed by atoms with E-state index in [9.17, 15) is 14.0 Å². The Balaban J connectivity index is -0.000000266. The van der Waals surface area contributed by atoms with Crippen molar-refractivity contribution in [3.05, 3.63) is 278 Å². The number of allylic oxidation sites excluding steroid dienone is 3. The normalized spacial score (nSPS) is 12.7. The van der Waals surface area contributed by atoms with Gasteiger partial charge in [-0.1, -0.05) is 103 Å². The van der Waals surface area contributed by atoms with Crippen LogP contribution in [0.1, 0.15) is 70.4 Å². The maximum atomic E-state index is 12.2. The summed E-state index contributed by atoms with van der Waals surface area (Å²) in [6.07, 6.45) is 25.5. The van der Waals surface area contributed by atoms with E-state index in [-0.39, 0.29) is 301 Å². The second kappa shape index (κ2) is 73.5. The molecule has 0 amide bonds. The molecule has 4 aromatic heterocycles. The fourth-order valence-electron chi connectivity index (χ4n) is 8.03. The molecule has 6 aromatic carbocycles. The van der Waals surface area contributed by atoms with Gasteiger partial charge in [-0.05, 0) is 128 Å². The van der Waals surface area contributed by atoms with Crippen LogP contribution in [0.25, 0.3) is 10.2 Å². The molecule has 105 heavy (non-hydrogen) atoms. The molecule has 2 N–H and O–H groups in total. The zero-order valence-corrected chi connectivity index (χ0v) is 92.4. The summed E-state index contributed by atoms with van der Waals surface area (Å²) >= 11 is 3.39. The summed E-state index contributed by atoms with van der Waals surface area (Å²) < 4.78 is 29.7. The minimum Gasteiger partial charge on any atom is -1.00 e. The molecule has 15 rings (SSSR count). The first kappa shape index (κ1) is 113. The van der Waals surface area contributed by atoms with Gasteiger partial charge in [0.25, 0.3) is 6.47 Å². The first-order valence-corrected chi connectivity index (χ1v) is 44.7. The fourth-order valence-corrected chi connectivity index (χ4v) is 9.44. The molecule has 3 aliphatic carbocycles. The molecule has 2 aliphatic heterocycles. The average molecular weight is 2330 g/mol. The quantitative estimate of drug-likeness (QED) is 0.0182. The van der Waals surface area contributed by atoms with Crippen molar-refractivity contribution in [1.82, 2.24) is 19.9 Å². The number of para-hydroxylation sites is 3. The third kappa shape index (κ3) is 53.6. The van der Waals surface area contributed by atoms with Crippen LogP contribution in [0.5, 0.6) is 29.0 Å². The van der Waals surface area contributed by atoms with Gasteiger partial charge in [0.2, 0.25) is 17.7 Å². The number of carbonyl (C=O) groups excluding carboxylic acids is 3. The van der Waals surface area contributed by atoms with Crippen LogP contribution in [-0.4, -0.2) is 82.2 Å². The van der Waals surface area contributed by atoms with Crippen LogP contribution < -0.4 is 182 Å². The molecule has 0 saturated heterocycles. The van der Waals surface area contributed by atoms with Crippen molar-refractivity contribution < 1.29 is 348 Å². The number of phenols is 1. The number of phenolic OH excluding ortho intramolecular Hbond substituents is 1. The van der Waals surface area contributed by atoms with Crippen LogP contribution >= 0.6 is 82.4 Å². The minimum atomic E-state index is -2.24. The van der Waals surface area contributed by atoms with E-state index in [1.165, 1.54) is 22.0 Å². The maximum Gasteiger partial charge on any atom is 1.00 e. The number of hydrogen-bond donors (Lipinski definition) is 2. The number of aromatic nitrogens is 4. The molecule has 2 atom stereocenters. The summed E-state index contributed by atoms with van der Waals surface area (Å²) in [4.78, 5) is 56.8. The third-order valence-electron chi connectivity index (χ3n) is 12.4. The Morgan fingerprint density at radius 3 is 1.54 bits per heavy atom. The van der Waals surface area contributed by atoms with E-state index in [0.717, 1.165) is 82.5 Å². The zero-order valence-electron chi connectivity index (χ0n) is 59.8. The first-order chi connectivity index (χ1) is 47.6. The number of aromatic hydroxyl groups is 1. The number of thiazole rings is 1. The number of ether oxygens (including phenoxy) is 2. The van der Waals surface area contributed by atoms with Crippen molar-refractivity contribution in [3.8, 4) is 29.0 Å². The monoisotopic (exact) mass is 2330 g/mol. The molecule has 2 unspecified atom stereocenters. The summed E-state index contributed by atoms with van der Waals surface area (Å²) in [6.45, 7) is -0.181. The average Bonchev–Trinajstić information content (AvgIpc) is 1.81. The van der Waals surface area contributed by atoms with Crippen LogP contribution in [0.2, 0.25) is 0 Å². The van der Waals surface area contributed by atoms with Gasteiger partial charge in [-0.25, -0.2) is 15.0 Å². The molecule has 1 fully saturated rings. The number of benzene rings is 6. The summed E-state index contributed by atoms with van der Waals surface area (Å²) in [5.41, 5.74) is 24.7. The van der Waals surface area contributed by atoms with Gasteiger partial charge in [-0.15, -0.1) is 76.5 Å². The van der Waals surface area contributed by atoms with E-state index in [1.807, 2.05) is 162 Å². The molecule has 525 valence electrons. The van der Waals surface area contributed by atoms with E-state index in [0.29, 0.717) is 39.7 Å². The Labute approximate surface area is 890 Å². The number of ketones is 2.